The van der Waals surface area contributed by atoms with Crippen LogP contribution in [0.1, 0.15) is 0 Å². The van der Waals surface area contributed by atoms with Crippen LogP contribution in [0, 0.1) is 0 Å². The molecular formula is C38H24N4. The van der Waals surface area contributed by atoms with Crippen LogP contribution in [0.3, 0.4) is 0 Å². The molecule has 9 rings (SSSR count). The van der Waals surface area contributed by atoms with E-state index in [1.807, 2.05) is 30.5 Å². The Morgan fingerprint density at radius 1 is 0.452 bits per heavy atom. The van der Waals surface area contributed by atoms with Gasteiger partial charge in [-0.25, -0.2) is 9.97 Å². The van der Waals surface area contributed by atoms with Crippen molar-refractivity contribution in [3.8, 4) is 22.9 Å². The fourth-order valence-electron chi connectivity index (χ4n) is 6.54. The minimum Gasteiger partial charge on any atom is -0.309 e. The van der Waals surface area contributed by atoms with Crippen molar-refractivity contribution in [2.75, 3.05) is 0 Å². The summed E-state index contributed by atoms with van der Waals surface area (Å²) in [6.07, 6.45) is 1.86. The monoisotopic (exact) mass is 536 g/mol. The minimum atomic E-state index is 0.715. The van der Waals surface area contributed by atoms with Crippen molar-refractivity contribution in [1.82, 2.24) is 19.1 Å². The van der Waals surface area contributed by atoms with Crippen molar-refractivity contribution >= 4 is 54.4 Å². The summed E-state index contributed by atoms with van der Waals surface area (Å²) in [5, 5.41) is 7.29. The Hall–Kier alpha value is -5.74. The molecule has 0 radical (unpaired) electrons. The summed E-state index contributed by atoms with van der Waals surface area (Å²) >= 11 is 0. The van der Waals surface area contributed by atoms with Gasteiger partial charge in [-0.05, 0) is 47.9 Å². The van der Waals surface area contributed by atoms with Gasteiger partial charge in [0.25, 0.3) is 0 Å². The highest BCUT2D eigenvalue weighted by Gasteiger charge is 2.19. The summed E-state index contributed by atoms with van der Waals surface area (Å²) in [5.41, 5.74) is 6.85. The van der Waals surface area contributed by atoms with Gasteiger partial charge in [-0.1, -0.05) is 97.1 Å². The summed E-state index contributed by atoms with van der Waals surface area (Å²) in [7, 11) is 0. The maximum Gasteiger partial charge on any atom is 0.161 e. The lowest BCUT2D eigenvalue weighted by Gasteiger charge is -2.11. The normalized spacial score (nSPS) is 11.8. The third-order valence-electron chi connectivity index (χ3n) is 8.36. The molecule has 196 valence electrons. The molecule has 0 aliphatic rings. The van der Waals surface area contributed by atoms with Crippen LogP contribution in [0.5, 0.6) is 0 Å². The van der Waals surface area contributed by atoms with E-state index in [2.05, 4.69) is 129 Å². The third-order valence-corrected chi connectivity index (χ3v) is 8.36. The summed E-state index contributed by atoms with van der Waals surface area (Å²) in [5.74, 6) is 1.57. The smallest absolute Gasteiger partial charge is 0.161 e. The minimum absolute atomic E-state index is 0.715. The van der Waals surface area contributed by atoms with E-state index in [-0.39, 0.29) is 0 Å². The quantitative estimate of drug-likeness (QED) is 0.225. The standard InChI is InChI=1S/C38H24N4/c1-3-11-25(12-4-1)38-39-22-21-36(40-38)42-34-18-10-7-15-28(34)30-20-19-26-23-35-32(24-31(26)37(30)42)29-16-8-9-17-33(29)41(35)27-13-5-2-6-14-27/h1-24H. The molecule has 0 atom stereocenters. The van der Waals surface area contributed by atoms with Crippen LogP contribution in [0.2, 0.25) is 0 Å². The van der Waals surface area contributed by atoms with Crippen molar-refractivity contribution in [2.45, 2.75) is 0 Å². The first-order chi connectivity index (χ1) is 20.8. The van der Waals surface area contributed by atoms with Crippen LogP contribution in [0.25, 0.3) is 77.3 Å². The Morgan fingerprint density at radius 3 is 1.90 bits per heavy atom. The molecule has 4 heteroatoms. The van der Waals surface area contributed by atoms with Gasteiger partial charge in [0.15, 0.2) is 5.82 Å². The molecule has 3 aromatic heterocycles. The first kappa shape index (κ1) is 23.0. The molecule has 0 saturated heterocycles. The number of rotatable bonds is 3. The maximum atomic E-state index is 5.10. The Kier molecular flexibility index (Phi) is 4.87. The summed E-state index contributed by atoms with van der Waals surface area (Å²) in [4.78, 5) is 9.72. The van der Waals surface area contributed by atoms with Gasteiger partial charge in [0, 0.05) is 44.4 Å². The van der Waals surface area contributed by atoms with E-state index in [1.54, 1.807) is 0 Å². The average Bonchev–Trinajstić information content (AvgIpc) is 3.57. The van der Waals surface area contributed by atoms with E-state index in [0.717, 1.165) is 28.1 Å². The molecular weight excluding hydrogens is 512 g/mol. The number of fused-ring (bicyclic) bond motifs is 8. The zero-order chi connectivity index (χ0) is 27.6. The van der Waals surface area contributed by atoms with Crippen LogP contribution in [-0.2, 0) is 0 Å². The molecule has 4 nitrogen and oxygen atoms in total. The number of benzene rings is 6. The number of aromatic nitrogens is 4. The predicted molar refractivity (Wildman–Crippen MR) is 174 cm³/mol. The van der Waals surface area contributed by atoms with Gasteiger partial charge in [0.1, 0.15) is 5.82 Å². The molecule has 0 saturated carbocycles. The van der Waals surface area contributed by atoms with Crippen LogP contribution < -0.4 is 0 Å². The Morgan fingerprint density at radius 2 is 1.12 bits per heavy atom. The third kappa shape index (κ3) is 3.29. The summed E-state index contributed by atoms with van der Waals surface area (Å²) in [6.45, 7) is 0. The lowest BCUT2D eigenvalue weighted by molar-refractivity contribution is 1.05. The average molecular weight is 537 g/mol. The van der Waals surface area contributed by atoms with E-state index in [9.17, 15) is 0 Å². The molecule has 3 heterocycles. The van der Waals surface area contributed by atoms with Crippen LogP contribution >= 0.6 is 0 Å². The lowest BCUT2D eigenvalue weighted by atomic mass is 10.0. The zero-order valence-electron chi connectivity index (χ0n) is 22.6. The Labute approximate surface area is 241 Å². The molecule has 9 aromatic rings. The summed E-state index contributed by atoms with van der Waals surface area (Å²) < 4.78 is 4.68. The van der Waals surface area contributed by atoms with Crippen molar-refractivity contribution in [3.63, 3.8) is 0 Å². The van der Waals surface area contributed by atoms with Crippen molar-refractivity contribution in [3.05, 3.63) is 146 Å². The molecule has 0 N–H and O–H groups in total. The van der Waals surface area contributed by atoms with Gasteiger partial charge in [-0.3, -0.25) is 4.57 Å². The number of nitrogens with zero attached hydrogens (tertiary/aromatic N) is 4. The van der Waals surface area contributed by atoms with Gasteiger partial charge in [-0.15, -0.1) is 0 Å². The zero-order valence-corrected chi connectivity index (χ0v) is 22.6. The van der Waals surface area contributed by atoms with Crippen molar-refractivity contribution < 1.29 is 0 Å². The number of para-hydroxylation sites is 3. The molecule has 0 bridgehead atoms. The van der Waals surface area contributed by atoms with Crippen LogP contribution in [0.4, 0.5) is 0 Å². The molecule has 0 aliphatic carbocycles. The predicted octanol–water partition coefficient (Wildman–Crippen LogP) is 9.49. The Bertz CT molecular complexity index is 2450. The van der Waals surface area contributed by atoms with E-state index < -0.39 is 0 Å². The molecule has 0 fully saturated rings. The summed E-state index contributed by atoms with van der Waals surface area (Å²) in [6, 6.07) is 49.4. The topological polar surface area (TPSA) is 35.6 Å². The number of hydrogen-bond acceptors (Lipinski definition) is 2. The van der Waals surface area contributed by atoms with E-state index in [0.29, 0.717) is 5.82 Å². The van der Waals surface area contributed by atoms with Crippen molar-refractivity contribution in [1.29, 1.82) is 0 Å². The fraction of sp³-hybridized carbons (Fsp3) is 0. The molecule has 0 unspecified atom stereocenters. The van der Waals surface area contributed by atoms with Gasteiger partial charge < -0.3 is 4.57 Å². The fourth-order valence-corrected chi connectivity index (χ4v) is 6.54. The van der Waals surface area contributed by atoms with Crippen molar-refractivity contribution in [2.24, 2.45) is 0 Å². The SMILES string of the molecule is c1ccc(-c2nccc(-n3c4ccccc4c4ccc5cc6c(cc5c43)c3ccccc3n6-c3ccccc3)n2)cc1. The van der Waals surface area contributed by atoms with E-state index in [4.69, 9.17) is 4.98 Å². The lowest BCUT2D eigenvalue weighted by Crippen LogP contribution is -2.00. The van der Waals surface area contributed by atoms with Gasteiger partial charge >= 0.3 is 0 Å². The van der Waals surface area contributed by atoms with E-state index in [1.165, 1.54) is 43.4 Å². The highest BCUT2D eigenvalue weighted by atomic mass is 15.1. The first-order valence-electron chi connectivity index (χ1n) is 14.2. The highest BCUT2D eigenvalue weighted by molar-refractivity contribution is 6.22. The second-order valence-electron chi connectivity index (χ2n) is 10.7. The maximum absolute atomic E-state index is 5.10. The van der Waals surface area contributed by atoms with Crippen LogP contribution in [-0.4, -0.2) is 19.1 Å². The van der Waals surface area contributed by atoms with Crippen LogP contribution in [0.15, 0.2) is 146 Å². The van der Waals surface area contributed by atoms with Gasteiger partial charge in [0.05, 0.1) is 22.1 Å². The van der Waals surface area contributed by atoms with Gasteiger partial charge in [0.2, 0.25) is 0 Å². The molecule has 42 heavy (non-hydrogen) atoms. The molecule has 0 amide bonds. The van der Waals surface area contributed by atoms with E-state index >= 15 is 0 Å². The molecule has 0 spiro atoms. The largest absolute Gasteiger partial charge is 0.309 e. The first-order valence-corrected chi connectivity index (χ1v) is 14.2. The molecule has 6 aromatic carbocycles. The molecule has 0 aliphatic heterocycles. The second-order valence-corrected chi connectivity index (χ2v) is 10.7. The Balaban J connectivity index is 1.41. The highest BCUT2D eigenvalue weighted by Crippen LogP contribution is 2.40. The number of hydrogen-bond donors (Lipinski definition) is 0. The second kappa shape index (κ2) is 8.88. The van der Waals surface area contributed by atoms with Gasteiger partial charge in [-0.2, -0.15) is 0 Å².